The van der Waals surface area contributed by atoms with Gasteiger partial charge in [0.25, 0.3) is 0 Å². The van der Waals surface area contributed by atoms with Gasteiger partial charge in [-0.25, -0.2) is 18.6 Å². The van der Waals surface area contributed by atoms with E-state index >= 15 is 0 Å². The van der Waals surface area contributed by atoms with Gasteiger partial charge in [-0.15, -0.1) is 11.3 Å². The van der Waals surface area contributed by atoms with Crippen LogP contribution in [0.1, 0.15) is 16.5 Å². The van der Waals surface area contributed by atoms with Gasteiger partial charge in [0.2, 0.25) is 0 Å². The molecule has 1 atom stereocenters. The van der Waals surface area contributed by atoms with Gasteiger partial charge >= 0.3 is 0 Å². The lowest BCUT2D eigenvalue weighted by Gasteiger charge is -2.16. The lowest BCUT2D eigenvalue weighted by atomic mass is 10.1. The van der Waals surface area contributed by atoms with Crippen LogP contribution in [0.4, 0.5) is 13.2 Å². The van der Waals surface area contributed by atoms with Gasteiger partial charge in [-0.1, -0.05) is 0 Å². The van der Waals surface area contributed by atoms with Crippen molar-refractivity contribution in [2.24, 2.45) is 5.84 Å². The predicted octanol–water partition coefficient (Wildman–Crippen LogP) is 3.48. The molecule has 1 unspecified atom stereocenters. The monoisotopic (exact) mass is 336 g/mol. The highest BCUT2D eigenvalue weighted by molar-refractivity contribution is 9.10. The third kappa shape index (κ3) is 2.44. The number of thiophene rings is 1. The number of rotatable bonds is 3. The fraction of sp³-hybridized carbons (Fsp3) is 0.0909. The van der Waals surface area contributed by atoms with Crippen LogP contribution in [0.3, 0.4) is 0 Å². The molecule has 2 nitrogen and oxygen atoms in total. The molecule has 0 saturated heterocycles. The minimum absolute atomic E-state index is 0.219. The first-order chi connectivity index (χ1) is 8.54. The van der Waals surface area contributed by atoms with Crippen molar-refractivity contribution in [3.63, 3.8) is 0 Å². The highest BCUT2D eigenvalue weighted by atomic mass is 79.9. The molecule has 2 aromatic rings. The molecule has 0 amide bonds. The van der Waals surface area contributed by atoms with Gasteiger partial charge in [-0.05, 0) is 45.1 Å². The van der Waals surface area contributed by atoms with Crippen molar-refractivity contribution in [1.29, 1.82) is 0 Å². The maximum absolute atomic E-state index is 13.2. The molecule has 0 aliphatic carbocycles. The molecule has 0 saturated carbocycles. The van der Waals surface area contributed by atoms with Gasteiger partial charge in [0, 0.05) is 9.35 Å². The van der Waals surface area contributed by atoms with E-state index in [1.807, 2.05) is 0 Å². The van der Waals surface area contributed by atoms with E-state index in [4.69, 9.17) is 5.84 Å². The fourth-order valence-corrected chi connectivity index (χ4v) is 3.26. The Labute approximate surface area is 114 Å². The largest absolute Gasteiger partial charge is 0.271 e. The summed E-state index contributed by atoms with van der Waals surface area (Å²) in [5.41, 5.74) is 2.68. The highest BCUT2D eigenvalue weighted by Crippen LogP contribution is 2.33. The summed E-state index contributed by atoms with van der Waals surface area (Å²) in [4.78, 5) is 0.753. The number of halogens is 4. The van der Waals surface area contributed by atoms with Crippen LogP contribution in [0.5, 0.6) is 0 Å². The topological polar surface area (TPSA) is 38.0 Å². The van der Waals surface area contributed by atoms with E-state index in [1.54, 1.807) is 11.4 Å². The van der Waals surface area contributed by atoms with Crippen LogP contribution in [-0.2, 0) is 0 Å². The van der Waals surface area contributed by atoms with Crippen LogP contribution in [0.15, 0.2) is 28.1 Å². The quantitative estimate of drug-likeness (QED) is 0.511. The predicted molar refractivity (Wildman–Crippen MR) is 67.5 cm³/mol. The third-order valence-corrected chi connectivity index (χ3v) is 4.35. The van der Waals surface area contributed by atoms with Gasteiger partial charge in [0.15, 0.2) is 17.5 Å². The maximum atomic E-state index is 13.2. The zero-order chi connectivity index (χ0) is 13.3. The van der Waals surface area contributed by atoms with E-state index in [9.17, 15) is 13.2 Å². The molecule has 0 aliphatic rings. The first-order valence-corrected chi connectivity index (χ1v) is 6.55. The molecule has 0 bridgehead atoms. The van der Waals surface area contributed by atoms with Gasteiger partial charge in [-0.2, -0.15) is 0 Å². The molecular weight excluding hydrogens is 329 g/mol. The Morgan fingerprint density at radius 1 is 1.22 bits per heavy atom. The molecule has 96 valence electrons. The van der Waals surface area contributed by atoms with Crippen LogP contribution in [-0.4, -0.2) is 0 Å². The number of nitrogens with one attached hydrogen (secondary N) is 1. The SMILES string of the molecule is NNC(c1cc(F)c(F)c(F)c1)c1sccc1Br. The van der Waals surface area contributed by atoms with Crippen molar-refractivity contribution >= 4 is 27.3 Å². The number of hydrazine groups is 1. The summed E-state index contributed by atoms with van der Waals surface area (Å²) in [6, 6.07) is 3.04. The molecule has 0 fully saturated rings. The van der Waals surface area contributed by atoms with Crippen LogP contribution in [0.25, 0.3) is 0 Å². The van der Waals surface area contributed by atoms with Crippen molar-refractivity contribution in [3.8, 4) is 0 Å². The molecule has 0 aliphatic heterocycles. The van der Waals surface area contributed by atoms with Gasteiger partial charge in [-0.3, -0.25) is 5.84 Å². The molecule has 0 spiro atoms. The average molecular weight is 337 g/mol. The standard InChI is InChI=1S/C11H8BrF3N2S/c12-6-1-2-18-11(6)10(17-16)5-3-7(13)9(15)8(14)4-5/h1-4,10,17H,16H2. The lowest BCUT2D eigenvalue weighted by Crippen LogP contribution is -2.28. The lowest BCUT2D eigenvalue weighted by molar-refractivity contribution is 0.443. The second-order valence-electron chi connectivity index (χ2n) is 3.53. The number of benzene rings is 1. The van der Waals surface area contributed by atoms with Crippen LogP contribution < -0.4 is 11.3 Å². The molecule has 18 heavy (non-hydrogen) atoms. The molecule has 0 radical (unpaired) electrons. The van der Waals surface area contributed by atoms with Crippen molar-refractivity contribution in [2.45, 2.75) is 6.04 Å². The van der Waals surface area contributed by atoms with Crippen LogP contribution in [0.2, 0.25) is 0 Å². The van der Waals surface area contributed by atoms with E-state index in [2.05, 4.69) is 21.4 Å². The number of hydrogen-bond donors (Lipinski definition) is 2. The van der Waals surface area contributed by atoms with Crippen molar-refractivity contribution in [2.75, 3.05) is 0 Å². The molecule has 7 heteroatoms. The summed E-state index contributed by atoms with van der Waals surface area (Å²) in [6.07, 6.45) is 0. The zero-order valence-electron chi connectivity index (χ0n) is 8.88. The summed E-state index contributed by atoms with van der Waals surface area (Å²) in [7, 11) is 0. The van der Waals surface area contributed by atoms with Crippen LogP contribution in [0, 0.1) is 17.5 Å². The van der Waals surface area contributed by atoms with Crippen molar-refractivity contribution in [1.82, 2.24) is 5.43 Å². The summed E-state index contributed by atoms with van der Waals surface area (Å²) < 4.78 is 40.0. The Hall–Kier alpha value is -0.890. The van der Waals surface area contributed by atoms with E-state index in [1.165, 1.54) is 11.3 Å². The highest BCUT2D eigenvalue weighted by Gasteiger charge is 2.20. The fourth-order valence-electron chi connectivity index (χ4n) is 1.58. The van der Waals surface area contributed by atoms with Crippen molar-refractivity contribution < 1.29 is 13.2 Å². The van der Waals surface area contributed by atoms with Gasteiger partial charge in [0.1, 0.15) is 0 Å². The second-order valence-corrected chi connectivity index (χ2v) is 5.33. The first kappa shape index (κ1) is 13.5. The van der Waals surface area contributed by atoms with Gasteiger partial charge in [0.05, 0.1) is 6.04 Å². The minimum Gasteiger partial charge on any atom is -0.271 e. The number of nitrogens with two attached hydrogens (primary N) is 1. The second kappa shape index (κ2) is 5.40. The average Bonchev–Trinajstić information content (AvgIpc) is 2.74. The Balaban J connectivity index is 2.49. The summed E-state index contributed by atoms with van der Waals surface area (Å²) in [5.74, 6) is 1.44. The molecule has 1 aromatic heterocycles. The maximum Gasteiger partial charge on any atom is 0.194 e. The molecule has 1 heterocycles. The minimum atomic E-state index is -1.49. The Morgan fingerprint density at radius 2 is 1.83 bits per heavy atom. The Morgan fingerprint density at radius 3 is 2.28 bits per heavy atom. The number of hydrogen-bond acceptors (Lipinski definition) is 3. The molecule has 3 N–H and O–H groups in total. The zero-order valence-corrected chi connectivity index (χ0v) is 11.3. The molecule has 2 rings (SSSR count). The smallest absolute Gasteiger partial charge is 0.194 e. The van der Waals surface area contributed by atoms with E-state index in [0.29, 0.717) is 0 Å². The normalized spacial score (nSPS) is 12.7. The van der Waals surface area contributed by atoms with E-state index in [0.717, 1.165) is 21.5 Å². The van der Waals surface area contributed by atoms with Gasteiger partial charge < -0.3 is 0 Å². The third-order valence-electron chi connectivity index (χ3n) is 2.41. The Bertz CT molecular complexity index is 550. The summed E-state index contributed by atoms with van der Waals surface area (Å²) in [6.45, 7) is 0. The molecule has 1 aromatic carbocycles. The first-order valence-electron chi connectivity index (χ1n) is 4.88. The summed E-state index contributed by atoms with van der Waals surface area (Å²) >= 11 is 4.67. The van der Waals surface area contributed by atoms with E-state index in [-0.39, 0.29) is 5.56 Å². The van der Waals surface area contributed by atoms with E-state index < -0.39 is 23.5 Å². The molecular formula is C11H8BrF3N2S. The van der Waals surface area contributed by atoms with Crippen LogP contribution >= 0.6 is 27.3 Å². The Kier molecular flexibility index (Phi) is 4.06. The summed E-state index contributed by atoms with van der Waals surface area (Å²) in [5, 5.41) is 1.81. The van der Waals surface area contributed by atoms with Crippen molar-refractivity contribution in [3.05, 3.63) is 55.9 Å².